The van der Waals surface area contributed by atoms with E-state index in [1.165, 1.54) is 116 Å². The Hall–Kier alpha value is -5.61. The standard InChI is InChI=1S/C101H168O16P2/c1-4-7-10-13-16-19-22-25-28-31-34-37-40-43-44-45-46-47-48-49-50-53-55-57-60-63-66-69-72-75-78-81-84-87-99(104)111-90-96(102)91-113-118(107,108)114-92-97(103)93-115-119(109,110)116-95-98(117-101(106)89-86-83-80-77-74-71-68-65-62-59-56-52-42-39-36-33-30-27-24-21-18-15-12-9-6-3)94-112-100(105)88-85-82-79-76-73-70-67-64-61-58-54-51-41-38-35-32-29-26-23-20-17-14-11-8-5-2/h8-9,11-12,16-21,25-30,34-39,43-44,51-52,54,56,61-62,64-65,96-98,102-103H,4-7,10,13-15,22-24,31-33,40-42,45-50,53,55,57-60,63,66-95H2,1-3H3,(H,107,108)(H,109,110)/b11-8-,12-9-,19-16-,20-17-,21-18-,28-25-,29-26-,30-27-,37-34-,38-35-,39-36-,44-43-,54-51-,56-52-,64-61-,65-62-. The summed E-state index contributed by atoms with van der Waals surface area (Å²) in [5.74, 6) is -1.61. The van der Waals surface area contributed by atoms with Crippen molar-refractivity contribution in [2.45, 2.75) is 386 Å². The number of phosphoric ester groups is 2. The van der Waals surface area contributed by atoms with E-state index >= 15 is 0 Å². The van der Waals surface area contributed by atoms with Gasteiger partial charge in [-0.1, -0.05) is 376 Å². The number of carbonyl (C=O) groups excluding carboxylic acids is 3. The van der Waals surface area contributed by atoms with E-state index in [9.17, 15) is 43.5 Å². The lowest BCUT2D eigenvalue weighted by atomic mass is 10.0. The van der Waals surface area contributed by atoms with Crippen molar-refractivity contribution < 1.29 is 75.8 Å². The fraction of sp³-hybridized carbons (Fsp3) is 0.653. The molecule has 0 aromatic carbocycles. The van der Waals surface area contributed by atoms with Gasteiger partial charge in [0.1, 0.15) is 25.4 Å². The molecule has 0 spiro atoms. The van der Waals surface area contributed by atoms with Crippen LogP contribution in [-0.2, 0) is 55.8 Å². The molecule has 0 aromatic rings. The number of phosphoric acid groups is 2. The molecule has 0 saturated carbocycles. The number of aliphatic hydroxyl groups is 2. The van der Waals surface area contributed by atoms with Crippen LogP contribution >= 0.6 is 15.6 Å². The zero-order valence-electron chi connectivity index (χ0n) is 74.7. The predicted octanol–water partition coefficient (Wildman–Crippen LogP) is 29.0. The van der Waals surface area contributed by atoms with Crippen LogP contribution in [0.15, 0.2) is 194 Å². The monoisotopic (exact) mass is 1700 g/mol. The van der Waals surface area contributed by atoms with Gasteiger partial charge in [-0.05, 0) is 167 Å². The second-order valence-corrected chi connectivity index (χ2v) is 33.6. The number of rotatable bonds is 87. The van der Waals surface area contributed by atoms with Gasteiger partial charge < -0.3 is 34.2 Å². The Kier molecular flexibility index (Phi) is 87.3. The molecule has 4 N–H and O–H groups in total. The fourth-order valence-corrected chi connectivity index (χ4v) is 13.9. The summed E-state index contributed by atoms with van der Waals surface area (Å²) in [5, 5.41) is 20.7. The first-order chi connectivity index (χ1) is 58.2. The zero-order chi connectivity index (χ0) is 86.5. The highest BCUT2D eigenvalue weighted by Crippen LogP contribution is 2.45. The molecular weight excluding hydrogens is 1530 g/mol. The lowest BCUT2D eigenvalue weighted by molar-refractivity contribution is -0.161. The van der Waals surface area contributed by atoms with Crippen molar-refractivity contribution in [3.8, 4) is 0 Å². The minimum Gasteiger partial charge on any atom is -0.463 e. The summed E-state index contributed by atoms with van der Waals surface area (Å²) in [6.45, 7) is 2.42. The smallest absolute Gasteiger partial charge is 0.463 e. The summed E-state index contributed by atoms with van der Waals surface area (Å²) in [7, 11) is -9.83. The van der Waals surface area contributed by atoms with E-state index in [4.69, 9.17) is 32.3 Å². The summed E-state index contributed by atoms with van der Waals surface area (Å²) in [6, 6.07) is 0. The minimum atomic E-state index is -4.96. The molecule has 0 saturated heterocycles. The van der Waals surface area contributed by atoms with Crippen molar-refractivity contribution >= 4 is 33.6 Å². The highest BCUT2D eigenvalue weighted by molar-refractivity contribution is 7.47. The molecule has 0 radical (unpaired) electrons. The summed E-state index contributed by atoms with van der Waals surface area (Å²) < 4.78 is 61.5. The molecular formula is C101H168O16P2. The number of allylic oxidation sites excluding steroid dienone is 32. The molecule has 16 nitrogen and oxygen atoms in total. The zero-order valence-corrected chi connectivity index (χ0v) is 76.5. The lowest BCUT2D eigenvalue weighted by Crippen LogP contribution is -2.30. The SMILES string of the molecule is CC/C=C\C/C=C\C/C=C\C/C=C\C/C=C\C/C=C\CCCCCCCCC(=O)OCC(COP(=O)(O)OCC(O)COP(=O)(O)OCC(O)COC(=O)CCCCCCCCCCCCCCCCCCC/C=C\C/C=C\C/C=C\C/C=C\CCCCC)OC(=O)CCCCCCCC/C=C\C/C=C\C/C=C\C/C=C\C/C=C\C/C=C\CC. The number of carbonyl (C=O) groups is 3. The van der Waals surface area contributed by atoms with Crippen LogP contribution < -0.4 is 0 Å². The van der Waals surface area contributed by atoms with Gasteiger partial charge in [-0.3, -0.25) is 32.5 Å². The van der Waals surface area contributed by atoms with Crippen molar-refractivity contribution in [1.82, 2.24) is 0 Å². The average Bonchev–Trinajstić information content (AvgIpc) is 0.899. The van der Waals surface area contributed by atoms with Crippen molar-refractivity contribution in [3.05, 3.63) is 194 Å². The maximum absolute atomic E-state index is 13.1. The van der Waals surface area contributed by atoms with E-state index in [2.05, 4.69) is 215 Å². The predicted molar refractivity (Wildman–Crippen MR) is 500 cm³/mol. The molecule has 678 valence electrons. The Morgan fingerprint density at radius 1 is 0.244 bits per heavy atom. The third-order valence-corrected chi connectivity index (χ3v) is 21.2. The van der Waals surface area contributed by atoms with Crippen LogP contribution in [0, 0.1) is 0 Å². The van der Waals surface area contributed by atoms with Crippen LogP contribution in [0.1, 0.15) is 367 Å². The molecule has 0 heterocycles. The highest BCUT2D eigenvalue weighted by Gasteiger charge is 2.29. The second kappa shape index (κ2) is 91.6. The van der Waals surface area contributed by atoms with Crippen LogP contribution in [0.3, 0.4) is 0 Å². The van der Waals surface area contributed by atoms with Gasteiger partial charge in [-0.25, -0.2) is 9.13 Å². The molecule has 0 aliphatic rings. The molecule has 5 unspecified atom stereocenters. The maximum atomic E-state index is 13.1. The van der Waals surface area contributed by atoms with Crippen LogP contribution in [-0.4, -0.2) is 95.9 Å². The first kappa shape index (κ1) is 113. The van der Waals surface area contributed by atoms with E-state index in [0.29, 0.717) is 19.3 Å². The van der Waals surface area contributed by atoms with Crippen LogP contribution in [0.2, 0.25) is 0 Å². The summed E-state index contributed by atoms with van der Waals surface area (Å²) in [6.07, 6.45) is 122. The molecule has 0 amide bonds. The largest absolute Gasteiger partial charge is 0.472 e. The average molecular weight is 1700 g/mol. The van der Waals surface area contributed by atoms with E-state index in [0.717, 1.165) is 193 Å². The van der Waals surface area contributed by atoms with Crippen molar-refractivity contribution in [2.75, 3.05) is 39.6 Å². The van der Waals surface area contributed by atoms with Crippen LogP contribution in [0.4, 0.5) is 0 Å². The molecule has 18 heteroatoms. The van der Waals surface area contributed by atoms with Crippen molar-refractivity contribution in [3.63, 3.8) is 0 Å². The summed E-state index contributed by atoms with van der Waals surface area (Å²) in [4.78, 5) is 59.0. The van der Waals surface area contributed by atoms with Gasteiger partial charge in [0.15, 0.2) is 6.10 Å². The van der Waals surface area contributed by atoms with Gasteiger partial charge in [-0.2, -0.15) is 0 Å². The Morgan fingerprint density at radius 2 is 0.445 bits per heavy atom. The molecule has 0 bridgehead atoms. The van der Waals surface area contributed by atoms with Crippen LogP contribution in [0.25, 0.3) is 0 Å². The molecule has 119 heavy (non-hydrogen) atoms. The Bertz CT molecular complexity index is 2940. The Labute approximate surface area is 725 Å². The molecule has 0 aliphatic carbocycles. The second-order valence-electron chi connectivity index (χ2n) is 30.7. The van der Waals surface area contributed by atoms with E-state index in [1.807, 2.05) is 0 Å². The topological polar surface area (TPSA) is 231 Å². The molecule has 0 aromatic heterocycles. The number of hydrogen-bond acceptors (Lipinski definition) is 14. The highest BCUT2D eigenvalue weighted by atomic mass is 31.2. The first-order valence-electron chi connectivity index (χ1n) is 46.7. The Balaban J connectivity index is 4.64. The number of ether oxygens (including phenoxy) is 3. The fourth-order valence-electron chi connectivity index (χ4n) is 12.3. The molecule has 5 atom stereocenters. The minimum absolute atomic E-state index is 0.0758. The van der Waals surface area contributed by atoms with E-state index in [1.54, 1.807) is 0 Å². The first-order valence-corrected chi connectivity index (χ1v) is 49.7. The van der Waals surface area contributed by atoms with Gasteiger partial charge in [0.25, 0.3) is 0 Å². The molecule has 0 aliphatic heterocycles. The number of aliphatic hydroxyl groups excluding tert-OH is 2. The van der Waals surface area contributed by atoms with E-state index < -0.39 is 91.5 Å². The third-order valence-electron chi connectivity index (χ3n) is 19.3. The van der Waals surface area contributed by atoms with Gasteiger partial charge >= 0.3 is 33.6 Å². The van der Waals surface area contributed by atoms with Gasteiger partial charge in [0.05, 0.1) is 26.4 Å². The maximum Gasteiger partial charge on any atom is 0.472 e. The van der Waals surface area contributed by atoms with Gasteiger partial charge in [-0.15, -0.1) is 0 Å². The number of unbranched alkanes of at least 4 members (excludes halogenated alkanes) is 32. The van der Waals surface area contributed by atoms with Crippen LogP contribution in [0.5, 0.6) is 0 Å². The summed E-state index contributed by atoms with van der Waals surface area (Å²) >= 11 is 0. The number of hydrogen-bond donors (Lipinski definition) is 4. The van der Waals surface area contributed by atoms with Crippen molar-refractivity contribution in [2.24, 2.45) is 0 Å². The van der Waals surface area contributed by atoms with Gasteiger partial charge in [0, 0.05) is 19.3 Å². The van der Waals surface area contributed by atoms with Crippen molar-refractivity contribution in [1.29, 1.82) is 0 Å². The lowest BCUT2D eigenvalue weighted by Gasteiger charge is -2.21. The third kappa shape index (κ3) is 92.9. The van der Waals surface area contributed by atoms with E-state index in [-0.39, 0.29) is 19.3 Å². The quantitative estimate of drug-likeness (QED) is 0.0146. The Morgan fingerprint density at radius 3 is 0.706 bits per heavy atom. The molecule has 0 rings (SSSR count). The van der Waals surface area contributed by atoms with Gasteiger partial charge in [0.2, 0.25) is 0 Å². The normalized spacial score (nSPS) is 14.6. The molecule has 0 fully saturated rings. The number of esters is 3. The summed E-state index contributed by atoms with van der Waals surface area (Å²) in [5.41, 5.74) is 0.